The molecule has 0 radical (unpaired) electrons. The lowest BCUT2D eigenvalue weighted by molar-refractivity contribution is -0.0198. The highest BCUT2D eigenvalue weighted by Gasteiger charge is 2.54. The molecule has 2 unspecified atom stereocenters. The number of hydrogen-bond acceptors (Lipinski definition) is 2. The fraction of sp³-hybridized carbons (Fsp3) is 0.950. The average Bonchev–Trinajstić information content (AvgIpc) is 2.75. The van der Waals surface area contributed by atoms with Crippen LogP contribution in [0.5, 0.6) is 0 Å². The van der Waals surface area contributed by atoms with Gasteiger partial charge in [-0.2, -0.15) is 5.26 Å². The number of nitriles is 1. The molecule has 0 spiro atoms. The minimum atomic E-state index is -1.70. The number of nitrogens with zero attached hydrogens (tertiary/aromatic N) is 1. The monoisotopic (exact) mass is 335 g/mol. The highest BCUT2D eigenvalue weighted by atomic mass is 28.4. The summed E-state index contributed by atoms with van der Waals surface area (Å²) in [6, 6.07) is 2.40. The smallest absolute Gasteiger partial charge is 0.192 e. The van der Waals surface area contributed by atoms with Crippen LogP contribution in [0.2, 0.25) is 18.1 Å². The molecular weight excluding hydrogens is 298 g/mol. The molecule has 0 aromatic rings. The maximum Gasteiger partial charge on any atom is 0.192 e. The largest absolute Gasteiger partial charge is 0.414 e. The third-order valence-corrected chi connectivity index (χ3v) is 12.0. The van der Waals surface area contributed by atoms with Crippen LogP contribution in [0.1, 0.15) is 73.1 Å². The third-order valence-electron chi connectivity index (χ3n) is 7.49. The highest BCUT2D eigenvalue weighted by Crippen LogP contribution is 2.59. The van der Waals surface area contributed by atoms with E-state index in [2.05, 4.69) is 53.8 Å². The summed E-state index contributed by atoms with van der Waals surface area (Å²) in [5, 5.41) is 9.39. The van der Waals surface area contributed by atoms with Gasteiger partial charge >= 0.3 is 0 Å². The molecule has 0 aliphatic heterocycles. The van der Waals surface area contributed by atoms with Crippen LogP contribution in [0.15, 0.2) is 0 Å². The second-order valence-electron chi connectivity index (χ2n) is 9.94. The molecule has 23 heavy (non-hydrogen) atoms. The van der Waals surface area contributed by atoms with Crippen LogP contribution in [0.3, 0.4) is 0 Å². The summed E-state index contributed by atoms with van der Waals surface area (Å²) < 4.78 is 6.88. The molecule has 0 saturated heterocycles. The molecule has 132 valence electrons. The van der Waals surface area contributed by atoms with Gasteiger partial charge in [-0.1, -0.05) is 41.0 Å². The van der Waals surface area contributed by atoms with Crippen molar-refractivity contribution in [1.82, 2.24) is 0 Å². The van der Waals surface area contributed by atoms with Crippen molar-refractivity contribution in [1.29, 1.82) is 5.26 Å². The fourth-order valence-corrected chi connectivity index (χ4v) is 6.47. The Morgan fingerprint density at radius 2 is 1.91 bits per heavy atom. The topological polar surface area (TPSA) is 33.0 Å². The molecule has 0 amide bonds. The average molecular weight is 336 g/mol. The lowest BCUT2D eigenvalue weighted by atomic mass is 9.61. The second-order valence-corrected chi connectivity index (χ2v) is 14.7. The first kappa shape index (κ1) is 19.0. The van der Waals surface area contributed by atoms with Gasteiger partial charge in [0, 0.05) is 12.5 Å². The predicted octanol–water partition coefficient (Wildman–Crippen LogP) is 6.14. The quantitative estimate of drug-likeness (QED) is 0.578. The van der Waals surface area contributed by atoms with E-state index in [1.54, 1.807) is 0 Å². The molecule has 0 N–H and O–H groups in total. The van der Waals surface area contributed by atoms with Crippen LogP contribution in [-0.2, 0) is 4.43 Å². The van der Waals surface area contributed by atoms with Gasteiger partial charge in [-0.3, -0.25) is 0 Å². The van der Waals surface area contributed by atoms with Crippen LogP contribution in [0.25, 0.3) is 0 Å². The summed E-state index contributed by atoms with van der Waals surface area (Å²) in [5.74, 6) is 1.94. The van der Waals surface area contributed by atoms with Crippen molar-refractivity contribution < 1.29 is 4.43 Å². The van der Waals surface area contributed by atoms with E-state index in [-0.39, 0.29) is 5.04 Å². The lowest BCUT2D eigenvalue weighted by Gasteiger charge is -2.49. The van der Waals surface area contributed by atoms with Gasteiger partial charge in [-0.05, 0) is 67.0 Å². The highest BCUT2D eigenvalue weighted by molar-refractivity contribution is 6.74. The van der Waals surface area contributed by atoms with E-state index in [4.69, 9.17) is 9.69 Å². The summed E-state index contributed by atoms with van der Waals surface area (Å²) in [6.07, 6.45) is 7.62. The number of hydrogen-bond donors (Lipinski definition) is 0. The summed E-state index contributed by atoms with van der Waals surface area (Å²) in [6.45, 7) is 16.6. The summed E-state index contributed by atoms with van der Waals surface area (Å²) >= 11 is 0. The van der Waals surface area contributed by atoms with Crippen LogP contribution < -0.4 is 0 Å². The van der Waals surface area contributed by atoms with Gasteiger partial charge in [0.05, 0.1) is 6.07 Å². The zero-order valence-electron chi connectivity index (χ0n) is 16.4. The molecule has 2 saturated carbocycles. The van der Waals surface area contributed by atoms with Crippen molar-refractivity contribution in [2.24, 2.45) is 23.2 Å². The Balaban J connectivity index is 2.17. The molecule has 2 fully saturated rings. The van der Waals surface area contributed by atoms with E-state index in [9.17, 15) is 0 Å². The van der Waals surface area contributed by atoms with E-state index in [0.717, 1.165) is 0 Å². The fourth-order valence-electron chi connectivity index (χ4n) is 5.08. The molecule has 0 aromatic carbocycles. The van der Waals surface area contributed by atoms with Crippen molar-refractivity contribution in [3.63, 3.8) is 0 Å². The number of fused-ring (bicyclic) bond motifs is 1. The normalized spacial score (nSPS) is 36.3. The summed E-state index contributed by atoms with van der Waals surface area (Å²) in [7, 11) is -1.70. The van der Waals surface area contributed by atoms with Crippen LogP contribution in [-0.4, -0.2) is 14.4 Å². The zero-order chi connectivity index (χ0) is 17.5. The molecule has 0 aromatic heterocycles. The van der Waals surface area contributed by atoms with Gasteiger partial charge < -0.3 is 4.43 Å². The molecule has 3 heteroatoms. The Morgan fingerprint density at radius 3 is 2.48 bits per heavy atom. The molecule has 5 atom stereocenters. The van der Waals surface area contributed by atoms with Gasteiger partial charge in [0.15, 0.2) is 8.32 Å². The molecule has 2 nitrogen and oxygen atoms in total. The van der Waals surface area contributed by atoms with Gasteiger partial charge in [-0.25, -0.2) is 0 Å². The van der Waals surface area contributed by atoms with Crippen molar-refractivity contribution >= 4 is 8.32 Å². The van der Waals surface area contributed by atoms with E-state index in [1.807, 2.05) is 0 Å². The first-order valence-corrected chi connectivity index (χ1v) is 12.5. The van der Waals surface area contributed by atoms with E-state index in [1.165, 1.54) is 32.1 Å². The first-order valence-electron chi connectivity index (χ1n) is 9.57. The third kappa shape index (κ3) is 3.54. The Bertz CT molecular complexity index is 461. The molecule has 2 rings (SSSR count). The van der Waals surface area contributed by atoms with Gasteiger partial charge in [0.25, 0.3) is 0 Å². The molecule has 2 aliphatic rings. The van der Waals surface area contributed by atoms with Crippen LogP contribution in [0.4, 0.5) is 0 Å². The SMILES string of the molecule is C[C@@H](CC#N)C1CCC2[C@@H](O[Si](C)(C)C(C)(C)C)CCC[C@@]21C. The predicted molar refractivity (Wildman–Crippen MR) is 99.6 cm³/mol. The zero-order valence-corrected chi connectivity index (χ0v) is 17.4. The minimum Gasteiger partial charge on any atom is -0.414 e. The van der Waals surface area contributed by atoms with Crippen molar-refractivity contribution in [2.75, 3.05) is 0 Å². The van der Waals surface area contributed by atoms with E-state index < -0.39 is 8.32 Å². The maximum atomic E-state index is 9.10. The van der Waals surface area contributed by atoms with Crippen LogP contribution >= 0.6 is 0 Å². The Hall–Kier alpha value is -0.333. The maximum absolute atomic E-state index is 9.10. The standard InChI is InChI=1S/C20H37NOSi/c1-15(12-14-21)16-10-11-17-18(9-8-13-20(16,17)5)22-23(6,7)19(2,3)4/h15-18H,8-13H2,1-7H3/t15-,16?,17?,18-,20+/m0/s1. The van der Waals surface area contributed by atoms with Gasteiger partial charge in [-0.15, -0.1) is 0 Å². The van der Waals surface area contributed by atoms with Gasteiger partial charge in [0.1, 0.15) is 0 Å². The number of rotatable bonds is 4. The van der Waals surface area contributed by atoms with Crippen molar-refractivity contribution in [2.45, 2.75) is 97.4 Å². The van der Waals surface area contributed by atoms with E-state index >= 15 is 0 Å². The van der Waals surface area contributed by atoms with Crippen molar-refractivity contribution in [3.8, 4) is 6.07 Å². The summed E-state index contributed by atoms with van der Waals surface area (Å²) in [4.78, 5) is 0. The Labute approximate surface area is 145 Å². The molecular formula is C20H37NOSi. The summed E-state index contributed by atoms with van der Waals surface area (Å²) in [5.41, 5.74) is 0.390. The van der Waals surface area contributed by atoms with Gasteiger partial charge in [0.2, 0.25) is 0 Å². The molecule has 0 bridgehead atoms. The Kier molecular flexibility index (Phi) is 5.39. The lowest BCUT2D eigenvalue weighted by Crippen LogP contribution is -2.50. The van der Waals surface area contributed by atoms with E-state index in [0.29, 0.717) is 35.7 Å². The first-order chi connectivity index (χ1) is 10.5. The minimum absolute atomic E-state index is 0.285. The van der Waals surface area contributed by atoms with Crippen molar-refractivity contribution in [3.05, 3.63) is 0 Å². The molecule has 2 aliphatic carbocycles. The second kappa shape index (κ2) is 6.52. The van der Waals surface area contributed by atoms with Crippen LogP contribution in [0, 0.1) is 34.5 Å². The Morgan fingerprint density at radius 1 is 1.26 bits per heavy atom. The molecule has 0 heterocycles.